The zero-order valence-corrected chi connectivity index (χ0v) is 8.55. The summed E-state index contributed by atoms with van der Waals surface area (Å²) in [6, 6.07) is 0. The number of rotatable bonds is 2. The van der Waals surface area contributed by atoms with Gasteiger partial charge in [-0.05, 0) is 31.8 Å². The molecule has 0 saturated carbocycles. The van der Waals surface area contributed by atoms with Crippen molar-refractivity contribution in [2.75, 3.05) is 13.1 Å². The number of piperidine rings is 1. The van der Waals surface area contributed by atoms with Crippen molar-refractivity contribution in [2.45, 2.75) is 25.4 Å². The Morgan fingerprint density at radius 3 is 2.81 bits per heavy atom. The van der Waals surface area contributed by atoms with Gasteiger partial charge in [-0.2, -0.15) is 18.2 Å². The fourth-order valence-electron chi connectivity index (χ4n) is 1.81. The van der Waals surface area contributed by atoms with E-state index in [2.05, 4.69) is 20.0 Å². The van der Waals surface area contributed by atoms with E-state index in [0.29, 0.717) is 12.3 Å². The highest BCUT2D eigenvalue weighted by Crippen LogP contribution is 2.27. The van der Waals surface area contributed by atoms with Gasteiger partial charge >= 0.3 is 12.1 Å². The molecule has 0 aliphatic carbocycles. The van der Waals surface area contributed by atoms with Gasteiger partial charge in [-0.3, -0.25) is 0 Å². The molecule has 0 spiro atoms. The number of halogens is 3. The predicted octanol–water partition coefficient (Wildman–Crippen LogP) is 1.63. The lowest BCUT2D eigenvalue weighted by atomic mass is 9.96. The lowest BCUT2D eigenvalue weighted by Gasteiger charge is -2.20. The summed E-state index contributed by atoms with van der Waals surface area (Å²) in [6.45, 7) is 1.77. The molecule has 2 heterocycles. The van der Waals surface area contributed by atoms with Crippen LogP contribution in [-0.2, 0) is 12.6 Å². The first kappa shape index (κ1) is 11.4. The molecule has 1 saturated heterocycles. The third kappa shape index (κ3) is 2.72. The maximum Gasteiger partial charge on any atom is 0.471 e. The SMILES string of the molecule is FC(F)(F)c1nc(CC2CCCNC2)no1. The van der Waals surface area contributed by atoms with Crippen molar-refractivity contribution < 1.29 is 17.7 Å². The molecule has 90 valence electrons. The van der Waals surface area contributed by atoms with Gasteiger partial charge in [0.25, 0.3) is 0 Å². The molecule has 1 atom stereocenters. The summed E-state index contributed by atoms with van der Waals surface area (Å²) in [4.78, 5) is 3.35. The molecule has 1 unspecified atom stereocenters. The average molecular weight is 235 g/mol. The van der Waals surface area contributed by atoms with Gasteiger partial charge in [-0.15, -0.1) is 0 Å². The lowest BCUT2D eigenvalue weighted by Crippen LogP contribution is -2.31. The van der Waals surface area contributed by atoms with Crippen molar-refractivity contribution >= 4 is 0 Å². The van der Waals surface area contributed by atoms with Crippen LogP contribution in [0.2, 0.25) is 0 Å². The van der Waals surface area contributed by atoms with Crippen LogP contribution in [0.5, 0.6) is 0 Å². The molecule has 1 aliphatic heterocycles. The Morgan fingerprint density at radius 2 is 2.25 bits per heavy atom. The summed E-state index contributed by atoms with van der Waals surface area (Å²) >= 11 is 0. The van der Waals surface area contributed by atoms with Crippen molar-refractivity contribution in [3.63, 3.8) is 0 Å². The van der Waals surface area contributed by atoms with Crippen molar-refractivity contribution in [3.8, 4) is 0 Å². The van der Waals surface area contributed by atoms with Crippen LogP contribution in [0.15, 0.2) is 4.52 Å². The molecule has 2 rings (SSSR count). The highest BCUT2D eigenvalue weighted by Gasteiger charge is 2.38. The second-order valence-corrected chi connectivity index (χ2v) is 3.93. The quantitative estimate of drug-likeness (QED) is 0.846. The summed E-state index contributed by atoms with van der Waals surface area (Å²) in [5.41, 5.74) is 0. The van der Waals surface area contributed by atoms with Gasteiger partial charge in [-0.1, -0.05) is 5.16 Å². The molecule has 4 nitrogen and oxygen atoms in total. The second kappa shape index (κ2) is 4.40. The molecule has 1 fully saturated rings. The van der Waals surface area contributed by atoms with Gasteiger partial charge in [0.1, 0.15) is 0 Å². The number of hydrogen-bond donors (Lipinski definition) is 1. The first-order valence-corrected chi connectivity index (χ1v) is 5.16. The van der Waals surface area contributed by atoms with E-state index in [1.807, 2.05) is 0 Å². The predicted molar refractivity (Wildman–Crippen MR) is 48.6 cm³/mol. The molecule has 0 amide bonds. The largest absolute Gasteiger partial charge is 0.471 e. The molecule has 7 heteroatoms. The standard InChI is InChI=1S/C9H12F3N3O/c10-9(11,12)8-14-7(15-16-8)4-6-2-1-3-13-5-6/h6,13H,1-5H2. The van der Waals surface area contributed by atoms with Crippen LogP contribution in [0.1, 0.15) is 24.6 Å². The lowest BCUT2D eigenvalue weighted by molar-refractivity contribution is -0.159. The first-order valence-electron chi connectivity index (χ1n) is 5.16. The highest BCUT2D eigenvalue weighted by atomic mass is 19.4. The summed E-state index contributed by atoms with van der Waals surface area (Å²) in [5.74, 6) is -0.820. The van der Waals surface area contributed by atoms with E-state index in [9.17, 15) is 13.2 Å². The molecule has 1 N–H and O–H groups in total. The Balaban J connectivity index is 1.97. The third-order valence-corrected chi connectivity index (χ3v) is 2.58. The van der Waals surface area contributed by atoms with Crippen LogP contribution in [0.25, 0.3) is 0 Å². The summed E-state index contributed by atoms with van der Waals surface area (Å²) in [6.07, 6.45) is -2.08. The average Bonchev–Trinajstić information content (AvgIpc) is 2.67. The van der Waals surface area contributed by atoms with E-state index in [4.69, 9.17) is 0 Å². The van der Waals surface area contributed by atoms with Crippen LogP contribution in [0.4, 0.5) is 13.2 Å². The molecule has 1 aromatic heterocycles. The van der Waals surface area contributed by atoms with E-state index in [1.165, 1.54) is 0 Å². The van der Waals surface area contributed by atoms with Crippen LogP contribution in [-0.4, -0.2) is 23.2 Å². The summed E-state index contributed by atoms with van der Waals surface area (Å²) < 4.78 is 40.7. The Morgan fingerprint density at radius 1 is 1.44 bits per heavy atom. The van der Waals surface area contributed by atoms with Crippen LogP contribution >= 0.6 is 0 Å². The fourth-order valence-corrected chi connectivity index (χ4v) is 1.81. The smallest absolute Gasteiger partial charge is 0.329 e. The maximum atomic E-state index is 12.2. The van der Waals surface area contributed by atoms with Crippen molar-refractivity contribution in [3.05, 3.63) is 11.7 Å². The van der Waals surface area contributed by atoms with E-state index in [1.54, 1.807) is 0 Å². The van der Waals surface area contributed by atoms with Gasteiger partial charge < -0.3 is 9.84 Å². The molecule has 1 aliphatic rings. The number of nitrogens with one attached hydrogen (secondary N) is 1. The van der Waals surface area contributed by atoms with E-state index >= 15 is 0 Å². The monoisotopic (exact) mass is 235 g/mol. The van der Waals surface area contributed by atoms with Gasteiger partial charge in [0.2, 0.25) is 0 Å². The zero-order valence-electron chi connectivity index (χ0n) is 8.55. The van der Waals surface area contributed by atoms with E-state index in [-0.39, 0.29) is 5.82 Å². The van der Waals surface area contributed by atoms with Gasteiger partial charge in [-0.25, -0.2) is 0 Å². The zero-order chi connectivity index (χ0) is 11.6. The van der Waals surface area contributed by atoms with Gasteiger partial charge in [0, 0.05) is 6.42 Å². The molecular formula is C9H12F3N3O. The number of aromatic nitrogens is 2. The van der Waals surface area contributed by atoms with Crippen molar-refractivity contribution in [1.29, 1.82) is 0 Å². The Hall–Kier alpha value is -1.11. The van der Waals surface area contributed by atoms with Gasteiger partial charge in [0.05, 0.1) is 0 Å². The number of nitrogens with zero attached hydrogens (tertiary/aromatic N) is 2. The maximum absolute atomic E-state index is 12.2. The fraction of sp³-hybridized carbons (Fsp3) is 0.778. The Labute approximate surface area is 90.2 Å². The van der Waals surface area contributed by atoms with Crippen molar-refractivity contribution in [2.24, 2.45) is 5.92 Å². The highest BCUT2D eigenvalue weighted by molar-refractivity contribution is 4.92. The minimum atomic E-state index is -4.55. The molecule has 16 heavy (non-hydrogen) atoms. The second-order valence-electron chi connectivity index (χ2n) is 3.93. The summed E-state index contributed by atoms with van der Waals surface area (Å²) in [7, 11) is 0. The minimum absolute atomic E-state index is 0.140. The Kier molecular flexibility index (Phi) is 3.13. The van der Waals surface area contributed by atoms with E-state index < -0.39 is 12.1 Å². The Bertz CT molecular complexity index is 344. The molecule has 0 bridgehead atoms. The molecule has 0 aromatic carbocycles. The van der Waals surface area contributed by atoms with Crippen molar-refractivity contribution in [1.82, 2.24) is 15.5 Å². The van der Waals surface area contributed by atoms with Gasteiger partial charge in [0.15, 0.2) is 5.82 Å². The third-order valence-electron chi connectivity index (χ3n) is 2.58. The summed E-state index contributed by atoms with van der Waals surface area (Å²) in [5, 5.41) is 6.53. The normalized spacial score (nSPS) is 22.3. The first-order chi connectivity index (χ1) is 7.55. The minimum Gasteiger partial charge on any atom is -0.329 e. The number of alkyl halides is 3. The van der Waals surface area contributed by atoms with Crippen LogP contribution in [0.3, 0.4) is 0 Å². The van der Waals surface area contributed by atoms with Crippen LogP contribution in [0, 0.1) is 5.92 Å². The van der Waals surface area contributed by atoms with E-state index in [0.717, 1.165) is 25.9 Å². The molecule has 0 radical (unpaired) electrons. The topological polar surface area (TPSA) is 51.0 Å². The molecule has 1 aromatic rings. The number of hydrogen-bond acceptors (Lipinski definition) is 4. The van der Waals surface area contributed by atoms with Crippen LogP contribution < -0.4 is 5.32 Å². The molecular weight excluding hydrogens is 223 g/mol.